The van der Waals surface area contributed by atoms with Crippen LogP contribution < -0.4 is 4.80 Å². The highest BCUT2D eigenvalue weighted by atomic mass is 32.1. The van der Waals surface area contributed by atoms with Crippen molar-refractivity contribution in [3.8, 4) is 10.6 Å². The van der Waals surface area contributed by atoms with Crippen molar-refractivity contribution in [3.05, 3.63) is 93.4 Å². The molecule has 0 aliphatic carbocycles. The van der Waals surface area contributed by atoms with E-state index in [1.165, 1.54) is 23.5 Å². The third-order valence-electron chi connectivity index (χ3n) is 3.88. The fraction of sp³-hybridized carbons (Fsp3) is 0.0500. The molecule has 4 rings (SSSR count). The largest absolute Gasteiger partial charge is 0.311 e. The summed E-state index contributed by atoms with van der Waals surface area (Å²) in [5.74, 6) is -1.27. The fourth-order valence-electron chi connectivity index (χ4n) is 2.63. The number of hydrogen-bond acceptors (Lipinski definition) is 3. The minimum Gasteiger partial charge on any atom is -0.311 e. The molecule has 0 atom stereocenters. The Morgan fingerprint density at radius 3 is 2.50 bits per heavy atom. The predicted molar refractivity (Wildman–Crippen MR) is 103 cm³/mol. The second-order valence-corrected chi connectivity index (χ2v) is 7.44. The molecule has 0 spiro atoms. The van der Waals surface area contributed by atoms with Crippen LogP contribution in [0.2, 0.25) is 0 Å². The highest BCUT2D eigenvalue weighted by Gasteiger charge is 2.11. The van der Waals surface area contributed by atoms with Crippen LogP contribution in [0.5, 0.6) is 0 Å². The summed E-state index contributed by atoms with van der Waals surface area (Å²) in [6, 6.07) is 17.5. The van der Waals surface area contributed by atoms with Gasteiger partial charge in [-0.2, -0.15) is 0 Å². The lowest BCUT2D eigenvalue weighted by molar-refractivity contribution is 0.584. The Hall–Kier alpha value is -2.57. The van der Waals surface area contributed by atoms with E-state index in [0.29, 0.717) is 11.3 Å². The number of hydrogen-bond donors (Lipinski definition) is 0. The van der Waals surface area contributed by atoms with Gasteiger partial charge in [0.15, 0.2) is 10.6 Å². The molecule has 0 aliphatic rings. The summed E-state index contributed by atoms with van der Waals surface area (Å²) < 4.78 is 29.3. The monoisotopic (exact) mass is 384 g/mol. The van der Waals surface area contributed by atoms with Crippen LogP contribution in [-0.4, -0.2) is 4.57 Å². The SMILES string of the molecule is Fc1ccc(N=c2scc(-c3cccs3)n2Cc2ccccc2)c(F)c1. The zero-order chi connectivity index (χ0) is 17.9. The van der Waals surface area contributed by atoms with Gasteiger partial charge < -0.3 is 4.57 Å². The molecule has 2 heterocycles. The normalized spacial score (nSPS) is 11.8. The molecule has 130 valence electrons. The van der Waals surface area contributed by atoms with Crippen molar-refractivity contribution in [1.29, 1.82) is 0 Å². The number of halogens is 2. The van der Waals surface area contributed by atoms with E-state index in [0.717, 1.165) is 22.2 Å². The average Bonchev–Trinajstić information content (AvgIpc) is 3.29. The van der Waals surface area contributed by atoms with Gasteiger partial charge in [0, 0.05) is 11.4 Å². The minimum absolute atomic E-state index is 0.132. The molecule has 0 fully saturated rings. The summed E-state index contributed by atoms with van der Waals surface area (Å²) in [6.45, 7) is 0.624. The minimum atomic E-state index is -0.665. The number of thiophene rings is 1. The van der Waals surface area contributed by atoms with Crippen LogP contribution >= 0.6 is 22.7 Å². The van der Waals surface area contributed by atoms with Crippen molar-refractivity contribution in [2.45, 2.75) is 6.54 Å². The molecule has 0 saturated carbocycles. The van der Waals surface area contributed by atoms with Crippen LogP contribution in [0.1, 0.15) is 5.56 Å². The van der Waals surface area contributed by atoms with Gasteiger partial charge in [0.05, 0.1) is 17.1 Å². The molecule has 4 aromatic rings. The Morgan fingerprint density at radius 2 is 1.77 bits per heavy atom. The lowest BCUT2D eigenvalue weighted by Crippen LogP contribution is -2.16. The van der Waals surface area contributed by atoms with E-state index in [9.17, 15) is 8.78 Å². The van der Waals surface area contributed by atoms with E-state index < -0.39 is 11.6 Å². The zero-order valence-corrected chi connectivity index (χ0v) is 15.2. The number of thiazole rings is 1. The number of rotatable bonds is 4. The van der Waals surface area contributed by atoms with E-state index >= 15 is 0 Å². The van der Waals surface area contributed by atoms with Crippen LogP contribution in [-0.2, 0) is 6.54 Å². The highest BCUT2D eigenvalue weighted by Crippen LogP contribution is 2.26. The van der Waals surface area contributed by atoms with Crippen molar-refractivity contribution >= 4 is 28.4 Å². The molecule has 6 heteroatoms. The third kappa shape index (κ3) is 3.52. The molecule has 0 amide bonds. The maximum absolute atomic E-state index is 14.0. The summed E-state index contributed by atoms with van der Waals surface area (Å²) in [6.07, 6.45) is 0. The molecule has 0 bridgehead atoms. The molecule has 26 heavy (non-hydrogen) atoms. The summed E-state index contributed by atoms with van der Waals surface area (Å²) in [4.78, 5) is 6.25. The maximum atomic E-state index is 14.0. The predicted octanol–water partition coefficient (Wildman–Crippen LogP) is 5.84. The van der Waals surface area contributed by atoms with Gasteiger partial charge in [0.2, 0.25) is 0 Å². The third-order valence-corrected chi connectivity index (χ3v) is 5.64. The van der Waals surface area contributed by atoms with Crippen molar-refractivity contribution in [3.63, 3.8) is 0 Å². The van der Waals surface area contributed by atoms with E-state index in [-0.39, 0.29) is 5.69 Å². The lowest BCUT2D eigenvalue weighted by atomic mass is 10.2. The summed E-state index contributed by atoms with van der Waals surface area (Å²) in [5, 5.41) is 4.05. The number of aromatic nitrogens is 1. The molecule has 0 saturated heterocycles. The molecule has 2 aromatic carbocycles. The molecule has 2 nitrogen and oxygen atoms in total. The van der Waals surface area contributed by atoms with E-state index in [4.69, 9.17) is 0 Å². The van der Waals surface area contributed by atoms with Gasteiger partial charge in [-0.25, -0.2) is 13.8 Å². The Bertz CT molecular complexity index is 1080. The molecule has 2 aromatic heterocycles. The van der Waals surface area contributed by atoms with Gasteiger partial charge in [0.25, 0.3) is 0 Å². The van der Waals surface area contributed by atoms with Gasteiger partial charge in [-0.1, -0.05) is 36.4 Å². The standard InChI is InChI=1S/C20H14F2N2S2/c21-15-8-9-17(16(22)11-15)23-20-24(12-14-5-2-1-3-6-14)18(13-26-20)19-7-4-10-25-19/h1-11,13H,12H2. The van der Waals surface area contributed by atoms with E-state index in [1.54, 1.807) is 11.3 Å². The fourth-order valence-corrected chi connectivity index (χ4v) is 4.37. The molecule has 0 radical (unpaired) electrons. The first-order valence-electron chi connectivity index (χ1n) is 7.96. The van der Waals surface area contributed by atoms with Crippen LogP contribution in [0.4, 0.5) is 14.5 Å². The van der Waals surface area contributed by atoms with Gasteiger partial charge in [0.1, 0.15) is 11.5 Å². The Morgan fingerprint density at radius 1 is 0.923 bits per heavy atom. The average molecular weight is 384 g/mol. The van der Waals surface area contributed by atoms with E-state index in [2.05, 4.69) is 15.6 Å². The quantitative estimate of drug-likeness (QED) is 0.421. The van der Waals surface area contributed by atoms with Crippen molar-refractivity contribution in [2.24, 2.45) is 4.99 Å². The summed E-state index contributed by atoms with van der Waals surface area (Å²) in [5.41, 5.74) is 2.30. The summed E-state index contributed by atoms with van der Waals surface area (Å²) >= 11 is 3.09. The van der Waals surface area contributed by atoms with Crippen LogP contribution in [0.15, 0.2) is 76.4 Å². The molecular weight excluding hydrogens is 370 g/mol. The number of nitrogens with zero attached hydrogens (tertiary/aromatic N) is 2. The maximum Gasteiger partial charge on any atom is 0.190 e. The first kappa shape index (κ1) is 16.9. The Balaban J connectivity index is 1.85. The van der Waals surface area contributed by atoms with Crippen molar-refractivity contribution < 1.29 is 8.78 Å². The van der Waals surface area contributed by atoms with E-state index in [1.807, 2.05) is 47.2 Å². The Kier molecular flexibility index (Phi) is 4.77. The first-order chi connectivity index (χ1) is 12.7. The molecule has 0 N–H and O–H groups in total. The van der Waals surface area contributed by atoms with Crippen molar-refractivity contribution in [2.75, 3.05) is 0 Å². The van der Waals surface area contributed by atoms with Gasteiger partial charge in [-0.15, -0.1) is 22.7 Å². The van der Waals surface area contributed by atoms with Crippen LogP contribution in [0.3, 0.4) is 0 Å². The molecule has 0 unspecified atom stereocenters. The smallest absolute Gasteiger partial charge is 0.190 e. The first-order valence-corrected chi connectivity index (χ1v) is 9.72. The Labute approximate surface area is 157 Å². The van der Waals surface area contributed by atoms with Gasteiger partial charge in [-0.05, 0) is 29.1 Å². The second kappa shape index (κ2) is 7.35. The highest BCUT2D eigenvalue weighted by molar-refractivity contribution is 7.14. The second-order valence-electron chi connectivity index (χ2n) is 5.66. The summed E-state index contributed by atoms with van der Waals surface area (Å²) in [7, 11) is 0. The molecular formula is C20H14F2N2S2. The topological polar surface area (TPSA) is 17.3 Å². The van der Waals surface area contributed by atoms with Gasteiger partial charge in [-0.3, -0.25) is 0 Å². The lowest BCUT2D eigenvalue weighted by Gasteiger charge is -2.08. The zero-order valence-electron chi connectivity index (χ0n) is 13.6. The van der Waals surface area contributed by atoms with Gasteiger partial charge >= 0.3 is 0 Å². The van der Waals surface area contributed by atoms with Crippen LogP contribution in [0, 0.1) is 11.6 Å². The van der Waals surface area contributed by atoms with Crippen molar-refractivity contribution in [1.82, 2.24) is 4.57 Å². The molecule has 0 aliphatic heterocycles. The number of benzene rings is 2. The van der Waals surface area contributed by atoms with Crippen LogP contribution in [0.25, 0.3) is 10.6 Å².